The van der Waals surface area contributed by atoms with Crippen molar-refractivity contribution in [2.24, 2.45) is 11.3 Å². The SMILES string of the molecule is CC(C)(COOC(C)(C)C1CCCCC1)C(=O)O. The van der Waals surface area contributed by atoms with E-state index >= 15 is 0 Å². The van der Waals surface area contributed by atoms with Crippen LogP contribution in [-0.4, -0.2) is 23.3 Å². The van der Waals surface area contributed by atoms with Crippen LogP contribution in [0.25, 0.3) is 0 Å². The maximum absolute atomic E-state index is 10.9. The Morgan fingerprint density at radius 1 is 1.17 bits per heavy atom. The fourth-order valence-corrected chi connectivity index (χ4v) is 2.26. The van der Waals surface area contributed by atoms with Gasteiger partial charge in [-0.05, 0) is 46.5 Å². The van der Waals surface area contributed by atoms with Gasteiger partial charge in [0.05, 0.1) is 12.0 Å². The van der Waals surface area contributed by atoms with E-state index in [2.05, 4.69) is 0 Å². The summed E-state index contributed by atoms with van der Waals surface area (Å²) >= 11 is 0. The lowest BCUT2D eigenvalue weighted by Gasteiger charge is -2.36. The van der Waals surface area contributed by atoms with Crippen LogP contribution in [0.15, 0.2) is 0 Å². The van der Waals surface area contributed by atoms with Crippen LogP contribution in [0, 0.1) is 11.3 Å². The van der Waals surface area contributed by atoms with Gasteiger partial charge in [0.2, 0.25) is 0 Å². The summed E-state index contributed by atoms with van der Waals surface area (Å²) < 4.78 is 0. The summed E-state index contributed by atoms with van der Waals surface area (Å²) in [5.41, 5.74) is -1.25. The number of hydrogen-bond acceptors (Lipinski definition) is 3. The highest BCUT2D eigenvalue weighted by Gasteiger charge is 2.34. The van der Waals surface area contributed by atoms with E-state index in [-0.39, 0.29) is 12.2 Å². The molecule has 0 amide bonds. The molecule has 0 bridgehead atoms. The summed E-state index contributed by atoms with van der Waals surface area (Å²) in [6.07, 6.45) is 6.13. The molecule has 18 heavy (non-hydrogen) atoms. The molecule has 4 heteroatoms. The molecular weight excluding hydrogens is 232 g/mol. The van der Waals surface area contributed by atoms with Crippen LogP contribution in [0.4, 0.5) is 0 Å². The molecule has 1 aliphatic carbocycles. The van der Waals surface area contributed by atoms with Gasteiger partial charge in [-0.25, -0.2) is 9.78 Å². The second-order valence-corrected chi connectivity index (χ2v) is 6.47. The molecule has 0 heterocycles. The van der Waals surface area contributed by atoms with E-state index in [9.17, 15) is 4.79 Å². The number of carboxylic acid groups (broad SMARTS) is 1. The van der Waals surface area contributed by atoms with Crippen LogP contribution in [0.2, 0.25) is 0 Å². The van der Waals surface area contributed by atoms with Gasteiger partial charge in [0, 0.05) is 0 Å². The van der Waals surface area contributed by atoms with Gasteiger partial charge >= 0.3 is 5.97 Å². The Kier molecular flexibility index (Phi) is 5.17. The predicted octanol–water partition coefficient (Wildman–Crippen LogP) is 3.40. The Balaban J connectivity index is 2.39. The first-order valence-electron chi connectivity index (χ1n) is 6.80. The summed E-state index contributed by atoms with van der Waals surface area (Å²) in [6.45, 7) is 7.38. The van der Waals surface area contributed by atoms with Gasteiger partial charge in [0.1, 0.15) is 5.60 Å². The Morgan fingerprint density at radius 3 is 2.22 bits per heavy atom. The maximum Gasteiger partial charge on any atom is 0.311 e. The van der Waals surface area contributed by atoms with E-state index < -0.39 is 11.4 Å². The normalized spacial score (nSPS) is 18.9. The van der Waals surface area contributed by atoms with Crippen molar-refractivity contribution < 1.29 is 19.7 Å². The maximum atomic E-state index is 10.9. The van der Waals surface area contributed by atoms with Crippen LogP contribution >= 0.6 is 0 Å². The zero-order valence-electron chi connectivity index (χ0n) is 12.0. The van der Waals surface area contributed by atoms with Crippen LogP contribution in [-0.2, 0) is 14.6 Å². The Bertz CT molecular complexity index is 278. The van der Waals surface area contributed by atoms with Crippen molar-refractivity contribution in [3.8, 4) is 0 Å². The average molecular weight is 258 g/mol. The third-order valence-electron chi connectivity index (χ3n) is 3.86. The van der Waals surface area contributed by atoms with E-state index in [1.807, 2.05) is 13.8 Å². The minimum Gasteiger partial charge on any atom is -0.481 e. The minimum atomic E-state index is -0.914. The van der Waals surface area contributed by atoms with E-state index in [4.69, 9.17) is 14.9 Å². The highest BCUT2D eigenvalue weighted by Crippen LogP contribution is 2.35. The Hall–Kier alpha value is -0.610. The van der Waals surface area contributed by atoms with Crippen molar-refractivity contribution in [1.82, 2.24) is 0 Å². The van der Waals surface area contributed by atoms with Crippen molar-refractivity contribution in [3.05, 3.63) is 0 Å². The van der Waals surface area contributed by atoms with Crippen LogP contribution in [0.1, 0.15) is 59.8 Å². The third-order valence-corrected chi connectivity index (χ3v) is 3.86. The molecule has 1 saturated carbocycles. The molecule has 0 atom stereocenters. The highest BCUT2D eigenvalue weighted by atomic mass is 17.2. The fourth-order valence-electron chi connectivity index (χ4n) is 2.26. The first-order valence-corrected chi connectivity index (χ1v) is 6.80. The second-order valence-electron chi connectivity index (χ2n) is 6.47. The summed E-state index contributed by atoms with van der Waals surface area (Å²) in [5, 5.41) is 8.98. The molecule has 1 fully saturated rings. The van der Waals surface area contributed by atoms with Gasteiger partial charge < -0.3 is 5.11 Å². The van der Waals surface area contributed by atoms with Gasteiger partial charge in [-0.2, -0.15) is 0 Å². The lowest BCUT2D eigenvalue weighted by molar-refractivity contribution is -0.373. The number of carboxylic acids is 1. The van der Waals surface area contributed by atoms with Crippen LogP contribution in [0.3, 0.4) is 0 Å². The van der Waals surface area contributed by atoms with E-state index in [1.165, 1.54) is 32.1 Å². The number of carbonyl (C=O) groups is 1. The first kappa shape index (κ1) is 15.4. The molecule has 0 aromatic carbocycles. The average Bonchev–Trinajstić information content (AvgIpc) is 2.29. The number of hydrogen-bond donors (Lipinski definition) is 1. The van der Waals surface area contributed by atoms with Crippen molar-refractivity contribution in [2.75, 3.05) is 6.61 Å². The molecule has 0 saturated heterocycles. The summed E-state index contributed by atoms with van der Waals surface area (Å²) in [6, 6.07) is 0. The van der Waals surface area contributed by atoms with Crippen LogP contribution < -0.4 is 0 Å². The zero-order chi connectivity index (χ0) is 13.8. The topological polar surface area (TPSA) is 55.8 Å². The molecular formula is C14H26O4. The predicted molar refractivity (Wildman–Crippen MR) is 69.1 cm³/mol. The van der Waals surface area contributed by atoms with Gasteiger partial charge in [0.25, 0.3) is 0 Å². The Morgan fingerprint density at radius 2 is 1.72 bits per heavy atom. The van der Waals surface area contributed by atoms with E-state index in [0.29, 0.717) is 5.92 Å². The monoisotopic (exact) mass is 258 g/mol. The van der Waals surface area contributed by atoms with Crippen molar-refractivity contribution in [3.63, 3.8) is 0 Å². The molecule has 1 aliphatic rings. The van der Waals surface area contributed by atoms with Gasteiger partial charge in [-0.15, -0.1) is 0 Å². The lowest BCUT2D eigenvalue weighted by atomic mass is 9.79. The van der Waals surface area contributed by atoms with E-state index in [0.717, 1.165) is 0 Å². The van der Waals surface area contributed by atoms with Crippen molar-refractivity contribution >= 4 is 5.97 Å². The molecule has 1 rings (SSSR count). The molecule has 106 valence electrons. The smallest absolute Gasteiger partial charge is 0.311 e. The molecule has 4 nitrogen and oxygen atoms in total. The molecule has 0 aromatic heterocycles. The summed E-state index contributed by atoms with van der Waals surface area (Å²) in [4.78, 5) is 21.6. The van der Waals surface area contributed by atoms with Gasteiger partial charge in [-0.1, -0.05) is 19.3 Å². The van der Waals surface area contributed by atoms with Crippen LogP contribution in [0.5, 0.6) is 0 Å². The number of rotatable bonds is 6. The highest BCUT2D eigenvalue weighted by molar-refractivity contribution is 5.73. The molecule has 0 spiro atoms. The first-order chi connectivity index (χ1) is 8.26. The minimum absolute atomic E-state index is 0.0679. The van der Waals surface area contributed by atoms with E-state index in [1.54, 1.807) is 13.8 Å². The molecule has 0 radical (unpaired) electrons. The lowest BCUT2D eigenvalue weighted by Crippen LogP contribution is -2.38. The molecule has 0 aromatic rings. The standard InChI is InChI=1S/C14H26O4/c1-13(2,12(15)16)10-17-18-14(3,4)11-8-6-5-7-9-11/h11H,5-10H2,1-4H3,(H,15,16). The second kappa shape index (κ2) is 6.02. The quantitative estimate of drug-likeness (QED) is 0.586. The molecule has 0 unspecified atom stereocenters. The van der Waals surface area contributed by atoms with Gasteiger partial charge in [0.15, 0.2) is 0 Å². The van der Waals surface area contributed by atoms with Crippen molar-refractivity contribution in [1.29, 1.82) is 0 Å². The molecule has 1 N–H and O–H groups in total. The Labute approximate surface area is 110 Å². The van der Waals surface area contributed by atoms with Crippen molar-refractivity contribution in [2.45, 2.75) is 65.4 Å². The molecule has 0 aliphatic heterocycles. The fraction of sp³-hybridized carbons (Fsp3) is 0.929. The third kappa shape index (κ3) is 4.25. The largest absolute Gasteiger partial charge is 0.481 e. The van der Waals surface area contributed by atoms with Gasteiger partial charge in [-0.3, -0.25) is 4.79 Å². The summed E-state index contributed by atoms with van der Waals surface area (Å²) in [7, 11) is 0. The zero-order valence-corrected chi connectivity index (χ0v) is 12.0. The number of aliphatic carboxylic acids is 1. The summed E-state index contributed by atoms with van der Waals surface area (Å²) in [5.74, 6) is -0.374.